The fourth-order valence-electron chi connectivity index (χ4n) is 3.50. The number of nitrogens with zero attached hydrogens (tertiary/aromatic N) is 1. The molecule has 0 fully saturated rings. The van der Waals surface area contributed by atoms with E-state index in [1.165, 1.54) is 42.5 Å². The number of carbonyl (C=O) groups is 1. The minimum atomic E-state index is -0.600. The van der Waals surface area contributed by atoms with Crippen LogP contribution in [0.5, 0.6) is 0 Å². The molecule has 0 heterocycles. The van der Waals surface area contributed by atoms with Gasteiger partial charge in [0.15, 0.2) is 0 Å². The summed E-state index contributed by atoms with van der Waals surface area (Å²) < 4.78 is 26.7. The van der Waals surface area contributed by atoms with Gasteiger partial charge in [0.2, 0.25) is 0 Å². The number of unbranched alkanes of at least 4 members (excludes halogenated alkanes) is 1. The zero-order chi connectivity index (χ0) is 23.8. The molecule has 0 aromatic heterocycles. The van der Waals surface area contributed by atoms with Crippen molar-refractivity contribution in [3.63, 3.8) is 0 Å². The van der Waals surface area contributed by atoms with Crippen LogP contribution in [0.4, 0.5) is 25.0 Å². The lowest BCUT2D eigenvalue weighted by Crippen LogP contribution is -2.29. The minimum Gasteiger partial charge on any atom is -0.338 e. The van der Waals surface area contributed by atoms with Crippen LogP contribution in [0, 0.1) is 21.7 Å². The summed E-state index contributed by atoms with van der Waals surface area (Å²) in [4.78, 5) is 22.3. The fraction of sp³-hybridized carbons (Fsp3) is 0.208. The Bertz CT molecular complexity index is 1060. The zero-order valence-electron chi connectivity index (χ0n) is 17.6. The van der Waals surface area contributed by atoms with Crippen molar-refractivity contribution in [3.8, 4) is 0 Å². The molecule has 9 heteroatoms. The summed E-state index contributed by atoms with van der Waals surface area (Å²) >= 11 is 5.85. The molecule has 0 saturated carbocycles. The van der Waals surface area contributed by atoms with Crippen molar-refractivity contribution in [1.82, 2.24) is 5.32 Å². The Kier molecular flexibility index (Phi) is 8.32. The molecular formula is C24H22ClF2N3O3. The summed E-state index contributed by atoms with van der Waals surface area (Å²) in [6.07, 6.45) is 2.19. The maximum absolute atomic E-state index is 13.3. The normalized spacial score (nSPS) is 10.8. The molecule has 172 valence electrons. The Morgan fingerprint density at radius 1 is 0.939 bits per heavy atom. The van der Waals surface area contributed by atoms with Crippen molar-refractivity contribution >= 4 is 29.0 Å². The van der Waals surface area contributed by atoms with Gasteiger partial charge in [0.25, 0.3) is 5.69 Å². The van der Waals surface area contributed by atoms with Crippen molar-refractivity contribution in [2.24, 2.45) is 0 Å². The van der Waals surface area contributed by atoms with E-state index >= 15 is 0 Å². The van der Waals surface area contributed by atoms with Gasteiger partial charge in [0.1, 0.15) is 16.7 Å². The van der Waals surface area contributed by atoms with Gasteiger partial charge in [-0.2, -0.15) is 0 Å². The number of amides is 2. The average molecular weight is 474 g/mol. The molecule has 0 aliphatic rings. The molecule has 3 aromatic rings. The Balaban J connectivity index is 1.50. The van der Waals surface area contributed by atoms with Crippen molar-refractivity contribution in [1.29, 1.82) is 0 Å². The van der Waals surface area contributed by atoms with Crippen LogP contribution >= 0.6 is 11.6 Å². The largest absolute Gasteiger partial charge is 0.338 e. The van der Waals surface area contributed by atoms with E-state index in [0.717, 1.165) is 24.0 Å². The molecule has 33 heavy (non-hydrogen) atoms. The smallest absolute Gasteiger partial charge is 0.319 e. The number of nitrogens with one attached hydrogen (secondary N) is 2. The van der Waals surface area contributed by atoms with Crippen molar-refractivity contribution in [3.05, 3.63) is 105 Å². The number of rotatable bonds is 9. The van der Waals surface area contributed by atoms with E-state index in [1.807, 2.05) is 0 Å². The predicted octanol–water partition coefficient (Wildman–Crippen LogP) is 6.65. The number of nitro groups is 1. The molecule has 2 N–H and O–H groups in total. The quantitative estimate of drug-likeness (QED) is 0.207. The molecule has 0 radical (unpaired) electrons. The van der Waals surface area contributed by atoms with Crippen LogP contribution in [0.15, 0.2) is 66.7 Å². The minimum absolute atomic E-state index is 0.0257. The number of nitro benzene ring substituents is 1. The molecule has 0 bridgehead atoms. The van der Waals surface area contributed by atoms with Gasteiger partial charge in [0, 0.05) is 24.2 Å². The van der Waals surface area contributed by atoms with E-state index in [1.54, 1.807) is 24.3 Å². The maximum Gasteiger partial charge on any atom is 0.319 e. The van der Waals surface area contributed by atoms with Gasteiger partial charge < -0.3 is 10.6 Å². The van der Waals surface area contributed by atoms with Crippen LogP contribution in [0.25, 0.3) is 0 Å². The summed E-state index contributed by atoms with van der Waals surface area (Å²) in [6.45, 7) is 0.409. The van der Waals surface area contributed by atoms with Gasteiger partial charge >= 0.3 is 6.03 Å². The Morgan fingerprint density at radius 2 is 1.52 bits per heavy atom. The lowest BCUT2D eigenvalue weighted by atomic mass is 9.87. The highest BCUT2D eigenvalue weighted by molar-refractivity contribution is 6.33. The third kappa shape index (κ3) is 6.98. The molecule has 2 amide bonds. The predicted molar refractivity (Wildman–Crippen MR) is 124 cm³/mol. The van der Waals surface area contributed by atoms with Crippen LogP contribution in [0.1, 0.15) is 36.3 Å². The van der Waals surface area contributed by atoms with E-state index in [2.05, 4.69) is 10.6 Å². The first-order valence-corrected chi connectivity index (χ1v) is 10.7. The van der Waals surface area contributed by atoms with E-state index in [4.69, 9.17) is 11.6 Å². The summed E-state index contributed by atoms with van der Waals surface area (Å²) in [5, 5.41) is 16.1. The second-order valence-corrected chi connectivity index (χ2v) is 7.86. The standard InChI is InChI=1S/C24H22ClF2N3O3/c25-22-15-20(12-13-23(22)30(32)33)29-24(31)28-14-2-1-3-21(16-4-8-18(26)9-5-16)17-6-10-19(27)11-7-17/h4-13,15,21H,1-3,14H2,(H2,28,29,31). The second kappa shape index (κ2) is 11.4. The molecule has 3 rings (SSSR count). The first kappa shape index (κ1) is 24.1. The molecule has 0 atom stereocenters. The topological polar surface area (TPSA) is 84.3 Å². The number of halogens is 3. The summed E-state index contributed by atoms with van der Waals surface area (Å²) in [7, 11) is 0. The van der Waals surface area contributed by atoms with Crippen molar-refractivity contribution in [2.75, 3.05) is 11.9 Å². The van der Waals surface area contributed by atoms with E-state index in [-0.39, 0.29) is 28.3 Å². The van der Waals surface area contributed by atoms with Crippen molar-refractivity contribution in [2.45, 2.75) is 25.2 Å². The summed E-state index contributed by atoms with van der Waals surface area (Å²) in [5.74, 6) is -0.662. The molecule has 0 aliphatic carbocycles. The summed E-state index contributed by atoms with van der Waals surface area (Å²) in [5.41, 5.74) is 1.97. The van der Waals surface area contributed by atoms with Crippen LogP contribution in [0.2, 0.25) is 5.02 Å². The highest BCUT2D eigenvalue weighted by atomic mass is 35.5. The van der Waals surface area contributed by atoms with Gasteiger partial charge in [-0.1, -0.05) is 42.3 Å². The van der Waals surface area contributed by atoms with E-state index in [0.29, 0.717) is 18.7 Å². The van der Waals surface area contributed by atoms with Gasteiger partial charge in [-0.15, -0.1) is 0 Å². The molecule has 0 aliphatic heterocycles. The first-order valence-electron chi connectivity index (χ1n) is 10.3. The molecule has 0 spiro atoms. The average Bonchev–Trinajstić information content (AvgIpc) is 2.78. The molecule has 0 saturated heterocycles. The van der Waals surface area contributed by atoms with Crippen LogP contribution in [-0.4, -0.2) is 17.5 Å². The molecular weight excluding hydrogens is 452 g/mol. The Labute approximate surface area is 194 Å². The van der Waals surface area contributed by atoms with Crippen LogP contribution in [-0.2, 0) is 0 Å². The molecule has 6 nitrogen and oxygen atoms in total. The SMILES string of the molecule is O=C(NCCCCC(c1ccc(F)cc1)c1ccc(F)cc1)Nc1ccc([N+](=O)[O-])c(Cl)c1. The van der Waals surface area contributed by atoms with Gasteiger partial charge in [-0.05, 0) is 60.4 Å². The Morgan fingerprint density at radius 3 is 2.03 bits per heavy atom. The fourth-order valence-corrected chi connectivity index (χ4v) is 3.75. The molecule has 3 aromatic carbocycles. The van der Waals surface area contributed by atoms with Crippen molar-refractivity contribution < 1.29 is 18.5 Å². The third-order valence-electron chi connectivity index (χ3n) is 5.15. The van der Waals surface area contributed by atoms with E-state index in [9.17, 15) is 23.7 Å². The third-order valence-corrected chi connectivity index (χ3v) is 5.45. The highest BCUT2D eigenvalue weighted by Gasteiger charge is 2.15. The lowest BCUT2D eigenvalue weighted by molar-refractivity contribution is -0.384. The zero-order valence-corrected chi connectivity index (χ0v) is 18.3. The summed E-state index contributed by atoms with van der Waals surface area (Å²) in [6, 6.07) is 16.0. The Hall–Kier alpha value is -3.52. The second-order valence-electron chi connectivity index (χ2n) is 7.46. The molecule has 0 unspecified atom stereocenters. The number of benzene rings is 3. The highest BCUT2D eigenvalue weighted by Crippen LogP contribution is 2.30. The number of anilines is 1. The van der Waals surface area contributed by atoms with Gasteiger partial charge in [-0.25, -0.2) is 13.6 Å². The number of urea groups is 1. The van der Waals surface area contributed by atoms with Gasteiger partial charge in [0.05, 0.1) is 4.92 Å². The monoisotopic (exact) mass is 473 g/mol. The lowest BCUT2D eigenvalue weighted by Gasteiger charge is -2.18. The first-order chi connectivity index (χ1) is 15.8. The van der Waals surface area contributed by atoms with Gasteiger partial charge in [-0.3, -0.25) is 10.1 Å². The van der Waals surface area contributed by atoms with Crippen LogP contribution in [0.3, 0.4) is 0 Å². The maximum atomic E-state index is 13.3. The number of hydrogen-bond acceptors (Lipinski definition) is 3. The van der Waals surface area contributed by atoms with Crippen LogP contribution < -0.4 is 10.6 Å². The number of hydrogen-bond donors (Lipinski definition) is 2. The van der Waals surface area contributed by atoms with E-state index < -0.39 is 11.0 Å². The number of carbonyl (C=O) groups excluding carboxylic acids is 1.